The molecule has 0 atom stereocenters. The molecule has 1 amide bonds. The third-order valence-corrected chi connectivity index (χ3v) is 4.23. The van der Waals surface area contributed by atoms with Crippen molar-refractivity contribution in [2.45, 2.75) is 19.8 Å². The topological polar surface area (TPSA) is 51.1 Å². The molecule has 1 aromatic heterocycles. The van der Waals surface area contributed by atoms with Gasteiger partial charge in [0.15, 0.2) is 0 Å². The number of nitrogens with one attached hydrogen (secondary N) is 1. The summed E-state index contributed by atoms with van der Waals surface area (Å²) in [5.74, 6) is -0.622. The van der Waals surface area contributed by atoms with Gasteiger partial charge in [0.1, 0.15) is 11.4 Å². The predicted molar refractivity (Wildman–Crippen MR) is 97.6 cm³/mol. The largest absolute Gasteiger partial charge is 0.350 e. The van der Waals surface area contributed by atoms with Crippen molar-refractivity contribution < 1.29 is 9.18 Å². The summed E-state index contributed by atoms with van der Waals surface area (Å²) in [5, 5.41) is 2.91. The number of carbonyl (C=O) groups is 1. The van der Waals surface area contributed by atoms with Crippen molar-refractivity contribution >= 4 is 22.5 Å². The Hall–Kier alpha value is -2.95. The summed E-state index contributed by atoms with van der Waals surface area (Å²) in [7, 11) is 1.72. The molecule has 1 N–H and O–H groups in total. The van der Waals surface area contributed by atoms with Crippen LogP contribution >= 0.6 is 0 Å². The molecular formula is C20H19FN2O2. The molecule has 3 rings (SSSR count). The number of halogens is 1. The summed E-state index contributed by atoms with van der Waals surface area (Å²) >= 11 is 0. The molecule has 0 unspecified atom stereocenters. The molecule has 0 spiro atoms. The Bertz CT molecular complexity index is 1000. The van der Waals surface area contributed by atoms with E-state index >= 15 is 0 Å². The molecule has 0 bridgehead atoms. The van der Waals surface area contributed by atoms with E-state index in [0.717, 1.165) is 11.6 Å². The highest BCUT2D eigenvalue weighted by Crippen LogP contribution is 2.18. The number of hydrogen-bond donors (Lipinski definition) is 1. The van der Waals surface area contributed by atoms with E-state index in [0.29, 0.717) is 17.1 Å². The Kier molecular flexibility index (Phi) is 4.40. The van der Waals surface area contributed by atoms with Crippen molar-refractivity contribution in [2.24, 2.45) is 7.05 Å². The van der Waals surface area contributed by atoms with Gasteiger partial charge in [-0.25, -0.2) is 4.39 Å². The molecule has 1 heterocycles. The van der Waals surface area contributed by atoms with Gasteiger partial charge >= 0.3 is 0 Å². The van der Waals surface area contributed by atoms with E-state index in [4.69, 9.17) is 0 Å². The number of hydrogen-bond acceptors (Lipinski definition) is 2. The molecule has 3 aromatic rings. The number of pyridine rings is 1. The minimum atomic E-state index is -0.510. The van der Waals surface area contributed by atoms with E-state index in [-0.39, 0.29) is 10.9 Å². The molecule has 0 saturated carbocycles. The second-order valence-corrected chi connectivity index (χ2v) is 6.38. The first kappa shape index (κ1) is 16.9. The van der Waals surface area contributed by atoms with Gasteiger partial charge in [0.2, 0.25) is 5.43 Å². The standard InChI is InChI=1S/C20H19FN2O2/c1-12(2)13-4-7-15(8-5-13)22-20(25)17-11-23(3)18-9-6-14(21)10-16(18)19(17)24/h4-12H,1-3H3,(H,22,25). The molecule has 5 heteroatoms. The summed E-state index contributed by atoms with van der Waals surface area (Å²) in [4.78, 5) is 25.1. The second kappa shape index (κ2) is 6.51. The molecule has 0 radical (unpaired) electrons. The summed E-state index contributed by atoms with van der Waals surface area (Å²) < 4.78 is 15.1. The lowest BCUT2D eigenvalue weighted by Gasteiger charge is -2.11. The summed E-state index contributed by atoms with van der Waals surface area (Å²) in [6.07, 6.45) is 1.47. The number of nitrogens with zero attached hydrogens (tertiary/aromatic N) is 1. The Morgan fingerprint density at radius 3 is 2.44 bits per heavy atom. The maximum absolute atomic E-state index is 13.5. The fraction of sp³-hybridized carbons (Fsp3) is 0.200. The first-order chi connectivity index (χ1) is 11.9. The Morgan fingerprint density at radius 2 is 1.80 bits per heavy atom. The maximum atomic E-state index is 13.5. The minimum Gasteiger partial charge on any atom is -0.350 e. The van der Waals surface area contributed by atoms with E-state index in [2.05, 4.69) is 19.2 Å². The van der Waals surface area contributed by atoms with E-state index in [1.807, 2.05) is 12.1 Å². The predicted octanol–water partition coefficient (Wildman–Crippen LogP) is 4.05. The van der Waals surface area contributed by atoms with E-state index in [1.165, 1.54) is 18.3 Å². The van der Waals surface area contributed by atoms with Crippen LogP contribution < -0.4 is 10.7 Å². The number of aromatic nitrogens is 1. The molecule has 128 valence electrons. The normalized spacial score (nSPS) is 11.1. The Labute approximate surface area is 144 Å². The third-order valence-electron chi connectivity index (χ3n) is 4.23. The lowest BCUT2D eigenvalue weighted by Crippen LogP contribution is -2.23. The fourth-order valence-corrected chi connectivity index (χ4v) is 2.78. The van der Waals surface area contributed by atoms with E-state index < -0.39 is 17.2 Å². The van der Waals surface area contributed by atoms with Gasteiger partial charge in [-0.1, -0.05) is 26.0 Å². The molecule has 0 aliphatic rings. The van der Waals surface area contributed by atoms with Gasteiger partial charge in [-0.05, 0) is 41.8 Å². The minimum absolute atomic E-state index is 0.0199. The van der Waals surface area contributed by atoms with Crippen LogP contribution in [-0.4, -0.2) is 10.5 Å². The third kappa shape index (κ3) is 3.31. The van der Waals surface area contributed by atoms with Gasteiger partial charge in [-0.3, -0.25) is 9.59 Å². The Morgan fingerprint density at radius 1 is 1.12 bits per heavy atom. The van der Waals surface area contributed by atoms with Gasteiger partial charge in [-0.15, -0.1) is 0 Å². The van der Waals surface area contributed by atoms with Crippen LogP contribution in [-0.2, 0) is 7.05 Å². The first-order valence-corrected chi connectivity index (χ1v) is 8.07. The van der Waals surface area contributed by atoms with Crippen molar-refractivity contribution in [3.8, 4) is 0 Å². The monoisotopic (exact) mass is 338 g/mol. The molecule has 0 fully saturated rings. The van der Waals surface area contributed by atoms with Crippen LogP contribution in [0.15, 0.2) is 53.5 Å². The fourth-order valence-electron chi connectivity index (χ4n) is 2.78. The number of amides is 1. The number of benzene rings is 2. The van der Waals surface area contributed by atoms with Crippen LogP contribution in [0.1, 0.15) is 35.7 Å². The van der Waals surface area contributed by atoms with E-state index in [9.17, 15) is 14.0 Å². The van der Waals surface area contributed by atoms with Crippen LogP contribution in [0.2, 0.25) is 0 Å². The number of anilines is 1. The van der Waals surface area contributed by atoms with Crippen molar-refractivity contribution in [2.75, 3.05) is 5.32 Å². The van der Waals surface area contributed by atoms with Crippen molar-refractivity contribution in [1.82, 2.24) is 4.57 Å². The quantitative estimate of drug-likeness (QED) is 0.783. The Balaban J connectivity index is 1.97. The highest BCUT2D eigenvalue weighted by Gasteiger charge is 2.15. The molecule has 4 nitrogen and oxygen atoms in total. The lowest BCUT2D eigenvalue weighted by molar-refractivity contribution is 0.102. The zero-order valence-corrected chi connectivity index (χ0v) is 14.3. The summed E-state index contributed by atoms with van der Waals surface area (Å²) in [5.41, 5.74) is 1.84. The van der Waals surface area contributed by atoms with Gasteiger partial charge in [0.25, 0.3) is 5.91 Å². The van der Waals surface area contributed by atoms with Crippen LogP contribution in [0.5, 0.6) is 0 Å². The second-order valence-electron chi connectivity index (χ2n) is 6.38. The smallest absolute Gasteiger partial charge is 0.261 e. The van der Waals surface area contributed by atoms with Gasteiger partial charge in [0.05, 0.1) is 5.52 Å². The van der Waals surface area contributed by atoms with Crippen molar-refractivity contribution in [3.05, 3.63) is 75.8 Å². The zero-order chi connectivity index (χ0) is 18.1. The van der Waals surface area contributed by atoms with Gasteiger partial charge < -0.3 is 9.88 Å². The van der Waals surface area contributed by atoms with Gasteiger partial charge in [-0.2, -0.15) is 0 Å². The number of rotatable bonds is 3. The molecule has 0 aliphatic heterocycles. The van der Waals surface area contributed by atoms with E-state index in [1.54, 1.807) is 23.7 Å². The lowest BCUT2D eigenvalue weighted by atomic mass is 10.0. The number of carbonyl (C=O) groups excluding carboxylic acids is 1. The van der Waals surface area contributed by atoms with Crippen LogP contribution in [0.4, 0.5) is 10.1 Å². The van der Waals surface area contributed by atoms with Crippen LogP contribution in [0, 0.1) is 5.82 Å². The first-order valence-electron chi connectivity index (χ1n) is 8.07. The maximum Gasteiger partial charge on any atom is 0.261 e. The molecule has 0 aliphatic carbocycles. The summed E-state index contributed by atoms with van der Waals surface area (Å²) in [6, 6.07) is 11.5. The van der Waals surface area contributed by atoms with Crippen molar-refractivity contribution in [1.29, 1.82) is 0 Å². The van der Waals surface area contributed by atoms with Crippen LogP contribution in [0.3, 0.4) is 0 Å². The SMILES string of the molecule is CC(C)c1ccc(NC(=O)c2cn(C)c3ccc(F)cc3c2=O)cc1. The zero-order valence-electron chi connectivity index (χ0n) is 14.3. The van der Waals surface area contributed by atoms with Crippen molar-refractivity contribution in [3.63, 3.8) is 0 Å². The average molecular weight is 338 g/mol. The molecule has 0 saturated heterocycles. The molecule has 25 heavy (non-hydrogen) atoms. The summed E-state index contributed by atoms with van der Waals surface area (Å²) in [6.45, 7) is 4.18. The number of aryl methyl sites for hydroxylation is 1. The average Bonchev–Trinajstić information content (AvgIpc) is 2.58. The number of fused-ring (bicyclic) bond motifs is 1. The highest BCUT2D eigenvalue weighted by atomic mass is 19.1. The highest BCUT2D eigenvalue weighted by molar-refractivity contribution is 6.05. The molecule has 2 aromatic carbocycles. The van der Waals surface area contributed by atoms with Crippen LogP contribution in [0.25, 0.3) is 10.9 Å². The van der Waals surface area contributed by atoms with Gasteiger partial charge in [0, 0.05) is 24.3 Å². The molecular weight excluding hydrogens is 319 g/mol.